The first-order valence-electron chi connectivity index (χ1n) is 10.1. The van der Waals surface area contributed by atoms with Crippen molar-refractivity contribution in [1.29, 1.82) is 0 Å². The molecule has 0 atom stereocenters. The number of allylic oxidation sites excluding steroid dienone is 2. The van der Waals surface area contributed by atoms with Gasteiger partial charge in [-0.3, -0.25) is 0 Å². The van der Waals surface area contributed by atoms with Crippen LogP contribution in [-0.2, 0) is 0 Å². The molecule has 1 aliphatic carbocycles. The fraction of sp³-hybridized carbons (Fsp3) is 0.900. The molecule has 22 heavy (non-hydrogen) atoms. The Kier molecular flexibility index (Phi) is 9.73. The first-order chi connectivity index (χ1) is 11.0. The second kappa shape index (κ2) is 12.0. The molecule has 128 valence electrons. The van der Waals surface area contributed by atoms with Gasteiger partial charge in [0, 0.05) is 18.8 Å². The fourth-order valence-electron chi connectivity index (χ4n) is 3.82. The molecule has 0 aromatic carbocycles. The molecule has 0 amide bonds. The van der Waals surface area contributed by atoms with E-state index < -0.39 is 0 Å². The van der Waals surface area contributed by atoms with Gasteiger partial charge in [0.2, 0.25) is 0 Å². The molecule has 2 rings (SSSR count). The predicted octanol–water partition coefficient (Wildman–Crippen LogP) is 5.25. The second-order valence-electron chi connectivity index (χ2n) is 7.21. The van der Waals surface area contributed by atoms with Crippen LogP contribution in [0.3, 0.4) is 0 Å². The van der Waals surface area contributed by atoms with Crippen molar-refractivity contribution in [2.75, 3.05) is 26.2 Å². The van der Waals surface area contributed by atoms with Gasteiger partial charge in [-0.1, -0.05) is 51.0 Å². The predicted molar refractivity (Wildman–Crippen MR) is 97.2 cm³/mol. The molecule has 0 radical (unpaired) electrons. The summed E-state index contributed by atoms with van der Waals surface area (Å²) in [5.74, 6) is 0. The van der Waals surface area contributed by atoms with Gasteiger partial charge in [0.05, 0.1) is 0 Å². The minimum atomic E-state index is 1.20. The summed E-state index contributed by atoms with van der Waals surface area (Å²) in [6.45, 7) is 4.98. The second-order valence-corrected chi connectivity index (χ2v) is 7.21. The van der Waals surface area contributed by atoms with Crippen LogP contribution < -0.4 is 5.32 Å². The van der Waals surface area contributed by atoms with Crippen molar-refractivity contribution in [3.8, 4) is 0 Å². The Morgan fingerprint density at radius 2 is 1.27 bits per heavy atom. The van der Waals surface area contributed by atoms with E-state index in [1.165, 1.54) is 116 Å². The first kappa shape index (κ1) is 17.8. The molecule has 0 spiro atoms. The Bertz CT molecular complexity index is 286. The van der Waals surface area contributed by atoms with Crippen molar-refractivity contribution in [3.05, 3.63) is 11.8 Å². The summed E-state index contributed by atoms with van der Waals surface area (Å²) < 4.78 is 0. The number of hydrogen-bond acceptors (Lipinski definition) is 2. The molecule has 1 fully saturated rings. The van der Waals surface area contributed by atoms with Crippen molar-refractivity contribution in [2.45, 2.75) is 89.9 Å². The van der Waals surface area contributed by atoms with E-state index in [0.29, 0.717) is 0 Å². The van der Waals surface area contributed by atoms with E-state index in [9.17, 15) is 0 Å². The average molecular weight is 307 g/mol. The van der Waals surface area contributed by atoms with Crippen LogP contribution in [0.1, 0.15) is 89.9 Å². The Morgan fingerprint density at radius 1 is 0.636 bits per heavy atom. The van der Waals surface area contributed by atoms with Crippen molar-refractivity contribution in [2.24, 2.45) is 0 Å². The summed E-state index contributed by atoms with van der Waals surface area (Å²) in [4.78, 5) is 2.74. The van der Waals surface area contributed by atoms with Crippen LogP contribution in [0.2, 0.25) is 0 Å². The van der Waals surface area contributed by atoms with Crippen LogP contribution in [0, 0.1) is 0 Å². The molecule has 0 bridgehead atoms. The van der Waals surface area contributed by atoms with E-state index in [4.69, 9.17) is 0 Å². The molecule has 0 unspecified atom stereocenters. The Labute approximate surface area is 138 Å². The SMILES string of the molecule is C1=C(/N2CCCCCCNCCC2)CCCCCCCCC/1. The van der Waals surface area contributed by atoms with Crippen molar-refractivity contribution in [3.63, 3.8) is 0 Å². The van der Waals surface area contributed by atoms with Gasteiger partial charge >= 0.3 is 0 Å². The van der Waals surface area contributed by atoms with E-state index in [2.05, 4.69) is 16.3 Å². The van der Waals surface area contributed by atoms with Gasteiger partial charge < -0.3 is 10.2 Å². The van der Waals surface area contributed by atoms with E-state index >= 15 is 0 Å². The number of nitrogens with zero attached hydrogens (tertiary/aromatic N) is 1. The minimum absolute atomic E-state index is 1.20. The molecule has 1 heterocycles. The van der Waals surface area contributed by atoms with Crippen molar-refractivity contribution >= 4 is 0 Å². The normalized spacial score (nSPS) is 27.1. The van der Waals surface area contributed by atoms with Gasteiger partial charge in [-0.2, -0.15) is 0 Å². The van der Waals surface area contributed by atoms with Gasteiger partial charge in [-0.15, -0.1) is 0 Å². The molecular weight excluding hydrogens is 268 g/mol. The number of nitrogens with one attached hydrogen (secondary N) is 1. The van der Waals surface area contributed by atoms with Crippen LogP contribution in [0.15, 0.2) is 11.8 Å². The molecular formula is C20H38N2. The standard InChI is InChI=1S/C20H38N2/c1-2-4-6-10-15-20(14-9-5-3-1)22-18-12-8-7-11-16-21-17-13-19-22/h14,21H,1-13,15-19H2/b20-14+. The number of hydrogen-bond donors (Lipinski definition) is 1. The molecule has 1 aliphatic heterocycles. The topological polar surface area (TPSA) is 15.3 Å². The lowest BCUT2D eigenvalue weighted by Gasteiger charge is -2.28. The molecule has 0 aromatic heterocycles. The largest absolute Gasteiger partial charge is 0.375 e. The highest BCUT2D eigenvalue weighted by atomic mass is 15.1. The van der Waals surface area contributed by atoms with Crippen LogP contribution in [0.25, 0.3) is 0 Å². The quantitative estimate of drug-likeness (QED) is 0.711. The van der Waals surface area contributed by atoms with Crippen LogP contribution in [-0.4, -0.2) is 31.1 Å². The molecule has 2 heteroatoms. The zero-order valence-electron chi connectivity index (χ0n) is 14.8. The molecule has 1 saturated heterocycles. The highest BCUT2D eigenvalue weighted by Crippen LogP contribution is 2.20. The summed E-state index contributed by atoms with van der Waals surface area (Å²) >= 11 is 0. The zero-order valence-corrected chi connectivity index (χ0v) is 14.8. The van der Waals surface area contributed by atoms with Crippen molar-refractivity contribution < 1.29 is 0 Å². The summed E-state index contributed by atoms with van der Waals surface area (Å²) in [5.41, 5.74) is 1.68. The lowest BCUT2D eigenvalue weighted by Crippen LogP contribution is -2.28. The van der Waals surface area contributed by atoms with Crippen LogP contribution >= 0.6 is 0 Å². The third-order valence-electron chi connectivity index (χ3n) is 5.24. The smallest absolute Gasteiger partial charge is 0.0187 e. The number of rotatable bonds is 1. The molecule has 1 N–H and O–H groups in total. The first-order valence-corrected chi connectivity index (χ1v) is 10.1. The maximum atomic E-state index is 3.61. The molecule has 2 nitrogen and oxygen atoms in total. The van der Waals surface area contributed by atoms with Crippen LogP contribution in [0.4, 0.5) is 0 Å². The van der Waals surface area contributed by atoms with E-state index in [1.807, 2.05) is 0 Å². The fourth-order valence-corrected chi connectivity index (χ4v) is 3.82. The highest BCUT2D eigenvalue weighted by Gasteiger charge is 2.10. The lowest BCUT2D eigenvalue weighted by molar-refractivity contribution is 0.315. The zero-order chi connectivity index (χ0) is 15.3. The van der Waals surface area contributed by atoms with Gasteiger partial charge in [-0.25, -0.2) is 0 Å². The average Bonchev–Trinajstić information content (AvgIpc) is 2.64. The van der Waals surface area contributed by atoms with Gasteiger partial charge in [0.25, 0.3) is 0 Å². The Morgan fingerprint density at radius 3 is 2.18 bits per heavy atom. The van der Waals surface area contributed by atoms with E-state index in [1.54, 1.807) is 5.70 Å². The maximum absolute atomic E-state index is 3.61. The molecule has 0 saturated carbocycles. The third-order valence-corrected chi connectivity index (χ3v) is 5.24. The Balaban J connectivity index is 1.90. The monoisotopic (exact) mass is 306 g/mol. The maximum Gasteiger partial charge on any atom is 0.0187 e. The molecule has 2 aliphatic rings. The lowest BCUT2D eigenvalue weighted by atomic mass is 10.1. The van der Waals surface area contributed by atoms with Gasteiger partial charge in [0.1, 0.15) is 0 Å². The highest BCUT2D eigenvalue weighted by molar-refractivity contribution is 5.02. The van der Waals surface area contributed by atoms with Gasteiger partial charge in [0.15, 0.2) is 0 Å². The van der Waals surface area contributed by atoms with E-state index in [0.717, 1.165) is 0 Å². The summed E-state index contributed by atoms with van der Waals surface area (Å²) in [5, 5.41) is 3.61. The third kappa shape index (κ3) is 7.67. The Hall–Kier alpha value is -0.500. The van der Waals surface area contributed by atoms with Crippen LogP contribution in [0.5, 0.6) is 0 Å². The van der Waals surface area contributed by atoms with Gasteiger partial charge in [-0.05, 0) is 58.0 Å². The minimum Gasteiger partial charge on any atom is -0.375 e. The van der Waals surface area contributed by atoms with Crippen molar-refractivity contribution in [1.82, 2.24) is 10.2 Å². The summed E-state index contributed by atoms with van der Waals surface area (Å²) in [6, 6.07) is 0. The molecule has 0 aromatic rings. The summed E-state index contributed by atoms with van der Waals surface area (Å²) in [7, 11) is 0. The summed E-state index contributed by atoms with van der Waals surface area (Å²) in [6.07, 6.45) is 22.2. The van der Waals surface area contributed by atoms with E-state index in [-0.39, 0.29) is 0 Å².